The molecule has 20 heavy (non-hydrogen) atoms. The van der Waals surface area contributed by atoms with E-state index in [2.05, 4.69) is 10.3 Å². The van der Waals surface area contributed by atoms with E-state index in [9.17, 15) is 4.79 Å². The molecule has 0 saturated carbocycles. The van der Waals surface area contributed by atoms with Crippen LogP contribution in [-0.4, -0.2) is 10.9 Å². The standard InChI is InChI=1S/C15H11ClN2OS/c16-13-11-3-1-2-4-12(11)20-14(13)15(19)18-9-10-5-7-17-8-6-10/h1-8H,9H2,(H,18,19). The van der Waals surface area contributed by atoms with Crippen molar-refractivity contribution >= 4 is 38.9 Å². The summed E-state index contributed by atoms with van der Waals surface area (Å²) >= 11 is 7.68. The van der Waals surface area contributed by atoms with Gasteiger partial charge in [0.2, 0.25) is 0 Å². The number of hydrogen-bond donors (Lipinski definition) is 1. The molecule has 3 aromatic rings. The van der Waals surface area contributed by atoms with Crippen molar-refractivity contribution in [2.24, 2.45) is 0 Å². The van der Waals surface area contributed by atoms with Gasteiger partial charge in [-0.2, -0.15) is 0 Å². The molecule has 1 amide bonds. The van der Waals surface area contributed by atoms with Gasteiger partial charge in [0, 0.05) is 29.0 Å². The number of carbonyl (C=O) groups excluding carboxylic acids is 1. The predicted molar refractivity (Wildman–Crippen MR) is 82.2 cm³/mol. The Bertz CT molecular complexity index is 755. The maximum absolute atomic E-state index is 12.2. The third-order valence-corrected chi connectivity index (χ3v) is 4.62. The molecule has 0 spiro atoms. The van der Waals surface area contributed by atoms with E-state index in [1.807, 2.05) is 36.4 Å². The van der Waals surface area contributed by atoms with E-state index in [-0.39, 0.29) is 5.91 Å². The van der Waals surface area contributed by atoms with Crippen LogP contribution in [0.3, 0.4) is 0 Å². The summed E-state index contributed by atoms with van der Waals surface area (Å²) in [7, 11) is 0. The molecule has 1 N–H and O–H groups in total. The van der Waals surface area contributed by atoms with E-state index in [1.54, 1.807) is 12.4 Å². The van der Waals surface area contributed by atoms with E-state index in [0.29, 0.717) is 16.4 Å². The van der Waals surface area contributed by atoms with Gasteiger partial charge in [0.25, 0.3) is 5.91 Å². The summed E-state index contributed by atoms with van der Waals surface area (Å²) in [5, 5.41) is 4.33. The van der Waals surface area contributed by atoms with Gasteiger partial charge in [-0.15, -0.1) is 11.3 Å². The molecule has 0 aliphatic carbocycles. The van der Waals surface area contributed by atoms with Crippen LogP contribution in [0.4, 0.5) is 0 Å². The van der Waals surface area contributed by atoms with E-state index in [4.69, 9.17) is 11.6 Å². The number of aromatic nitrogens is 1. The molecule has 3 nitrogen and oxygen atoms in total. The van der Waals surface area contributed by atoms with E-state index >= 15 is 0 Å². The van der Waals surface area contributed by atoms with Crippen molar-refractivity contribution in [1.29, 1.82) is 0 Å². The highest BCUT2D eigenvalue weighted by Gasteiger charge is 2.16. The molecule has 2 heterocycles. The third-order valence-electron chi connectivity index (χ3n) is 2.94. The second-order valence-corrected chi connectivity index (χ2v) is 5.71. The fourth-order valence-electron chi connectivity index (χ4n) is 1.92. The number of amides is 1. The first-order valence-electron chi connectivity index (χ1n) is 6.10. The van der Waals surface area contributed by atoms with Gasteiger partial charge in [-0.25, -0.2) is 0 Å². The van der Waals surface area contributed by atoms with Crippen LogP contribution in [0.25, 0.3) is 10.1 Å². The van der Waals surface area contributed by atoms with Crippen LogP contribution in [0.1, 0.15) is 15.2 Å². The number of rotatable bonds is 3. The molecule has 0 atom stereocenters. The molecule has 2 aromatic heterocycles. The number of halogens is 1. The molecule has 0 fully saturated rings. The summed E-state index contributed by atoms with van der Waals surface area (Å²) in [5.41, 5.74) is 1.01. The lowest BCUT2D eigenvalue weighted by Crippen LogP contribution is -2.22. The molecule has 5 heteroatoms. The second kappa shape index (κ2) is 5.61. The van der Waals surface area contributed by atoms with E-state index < -0.39 is 0 Å². The molecule has 100 valence electrons. The van der Waals surface area contributed by atoms with Crippen LogP contribution < -0.4 is 5.32 Å². The highest BCUT2D eigenvalue weighted by molar-refractivity contribution is 7.21. The van der Waals surface area contributed by atoms with Gasteiger partial charge < -0.3 is 5.32 Å². The minimum atomic E-state index is -0.145. The number of hydrogen-bond acceptors (Lipinski definition) is 3. The zero-order valence-electron chi connectivity index (χ0n) is 10.5. The summed E-state index contributed by atoms with van der Waals surface area (Å²) in [6, 6.07) is 11.5. The average molecular weight is 303 g/mol. The number of benzene rings is 1. The van der Waals surface area contributed by atoms with Gasteiger partial charge in [0.15, 0.2) is 0 Å². The molecule has 0 saturated heterocycles. The smallest absolute Gasteiger partial charge is 0.263 e. The summed E-state index contributed by atoms with van der Waals surface area (Å²) in [4.78, 5) is 16.7. The highest BCUT2D eigenvalue weighted by Crippen LogP contribution is 2.34. The Kier molecular flexibility index (Phi) is 3.67. The van der Waals surface area contributed by atoms with E-state index in [1.165, 1.54) is 11.3 Å². The van der Waals surface area contributed by atoms with Crippen molar-refractivity contribution < 1.29 is 4.79 Å². The number of pyridine rings is 1. The Hall–Kier alpha value is -1.91. The predicted octanol–water partition coefficient (Wildman–Crippen LogP) is 3.88. The fourth-order valence-corrected chi connectivity index (χ4v) is 3.36. The largest absolute Gasteiger partial charge is 0.347 e. The van der Waals surface area contributed by atoms with Gasteiger partial charge in [-0.3, -0.25) is 9.78 Å². The topological polar surface area (TPSA) is 42.0 Å². The fraction of sp³-hybridized carbons (Fsp3) is 0.0667. The monoisotopic (exact) mass is 302 g/mol. The van der Waals surface area contributed by atoms with Crippen LogP contribution in [0.5, 0.6) is 0 Å². The van der Waals surface area contributed by atoms with Gasteiger partial charge in [0.05, 0.1) is 5.02 Å². The van der Waals surface area contributed by atoms with Crippen molar-refractivity contribution in [3.8, 4) is 0 Å². The van der Waals surface area contributed by atoms with Crippen LogP contribution in [0, 0.1) is 0 Å². The number of nitrogens with one attached hydrogen (secondary N) is 1. The van der Waals surface area contributed by atoms with Crippen LogP contribution in [0.2, 0.25) is 5.02 Å². The Morgan fingerprint density at radius 2 is 1.95 bits per heavy atom. The minimum Gasteiger partial charge on any atom is -0.347 e. The number of nitrogens with zero attached hydrogens (tertiary/aromatic N) is 1. The zero-order chi connectivity index (χ0) is 13.9. The second-order valence-electron chi connectivity index (χ2n) is 4.28. The van der Waals surface area contributed by atoms with Crippen LogP contribution in [0.15, 0.2) is 48.8 Å². The lowest BCUT2D eigenvalue weighted by molar-refractivity contribution is 0.0955. The van der Waals surface area contributed by atoms with Crippen molar-refractivity contribution in [3.63, 3.8) is 0 Å². The van der Waals surface area contributed by atoms with Crippen LogP contribution in [-0.2, 0) is 6.54 Å². The molecule has 3 rings (SSSR count). The molecule has 0 aliphatic rings. The maximum Gasteiger partial charge on any atom is 0.263 e. The summed E-state index contributed by atoms with van der Waals surface area (Å²) < 4.78 is 1.02. The average Bonchev–Trinajstić information content (AvgIpc) is 2.84. The quantitative estimate of drug-likeness (QED) is 0.798. The Balaban J connectivity index is 1.81. The SMILES string of the molecule is O=C(NCc1ccncc1)c1sc2ccccc2c1Cl. The first-order chi connectivity index (χ1) is 9.75. The normalized spacial score (nSPS) is 10.7. The number of carbonyl (C=O) groups is 1. The molecular formula is C15H11ClN2OS. The molecule has 0 radical (unpaired) electrons. The van der Waals surface area contributed by atoms with Crippen molar-refractivity contribution in [2.75, 3.05) is 0 Å². The molecule has 0 unspecified atom stereocenters. The zero-order valence-corrected chi connectivity index (χ0v) is 12.0. The van der Waals surface area contributed by atoms with Crippen molar-refractivity contribution in [2.45, 2.75) is 6.54 Å². The molecular weight excluding hydrogens is 292 g/mol. The van der Waals surface area contributed by atoms with Crippen molar-refractivity contribution in [3.05, 3.63) is 64.3 Å². The lowest BCUT2D eigenvalue weighted by atomic mass is 10.2. The molecule has 0 aliphatic heterocycles. The molecule has 1 aromatic carbocycles. The van der Waals surface area contributed by atoms with Gasteiger partial charge >= 0.3 is 0 Å². The van der Waals surface area contributed by atoms with Crippen molar-refractivity contribution in [1.82, 2.24) is 10.3 Å². The number of fused-ring (bicyclic) bond motifs is 1. The first kappa shape index (κ1) is 13.1. The van der Waals surface area contributed by atoms with E-state index in [0.717, 1.165) is 15.6 Å². The van der Waals surface area contributed by atoms with Gasteiger partial charge in [-0.05, 0) is 23.8 Å². The Morgan fingerprint density at radius 3 is 2.70 bits per heavy atom. The van der Waals surface area contributed by atoms with Crippen LogP contribution >= 0.6 is 22.9 Å². The highest BCUT2D eigenvalue weighted by atomic mass is 35.5. The number of thiophene rings is 1. The van der Waals surface area contributed by atoms with Gasteiger partial charge in [0.1, 0.15) is 4.88 Å². The molecule has 0 bridgehead atoms. The Labute approximate surface area is 125 Å². The Morgan fingerprint density at radius 1 is 1.20 bits per heavy atom. The van der Waals surface area contributed by atoms with Gasteiger partial charge in [-0.1, -0.05) is 29.8 Å². The summed E-state index contributed by atoms with van der Waals surface area (Å²) in [5.74, 6) is -0.145. The summed E-state index contributed by atoms with van der Waals surface area (Å²) in [6.07, 6.45) is 3.40. The first-order valence-corrected chi connectivity index (χ1v) is 7.29. The summed E-state index contributed by atoms with van der Waals surface area (Å²) in [6.45, 7) is 0.464. The lowest BCUT2D eigenvalue weighted by Gasteiger charge is -2.03. The third kappa shape index (κ3) is 2.53. The maximum atomic E-state index is 12.2. The minimum absolute atomic E-state index is 0.145.